The highest BCUT2D eigenvalue weighted by molar-refractivity contribution is 5.75. The average molecular weight is 496 g/mol. The highest BCUT2D eigenvalue weighted by Crippen LogP contribution is 2.24. The van der Waals surface area contributed by atoms with Crippen LogP contribution in [0.25, 0.3) is 11.1 Å². The minimum atomic E-state index is -0.733. The average Bonchev–Trinajstić information content (AvgIpc) is 2.83. The molecule has 1 amide bonds. The summed E-state index contributed by atoms with van der Waals surface area (Å²) >= 11 is 0. The van der Waals surface area contributed by atoms with Gasteiger partial charge >= 0.3 is 11.9 Å². The highest BCUT2D eigenvalue weighted by Gasteiger charge is 2.27. The number of esters is 2. The summed E-state index contributed by atoms with van der Waals surface area (Å²) < 4.78 is 10.5. The number of primary amides is 1. The molecule has 2 N–H and O–H groups in total. The number of carbonyl (C=O) groups excluding carboxylic acids is 3. The maximum Gasteiger partial charge on any atom is 0.302 e. The van der Waals surface area contributed by atoms with Crippen molar-refractivity contribution in [1.82, 2.24) is 0 Å². The summed E-state index contributed by atoms with van der Waals surface area (Å²) in [6, 6.07) is 17.2. The molecule has 0 spiro atoms. The molecule has 2 atom stereocenters. The molecule has 0 saturated carbocycles. The number of unbranched alkanes of at least 4 members (excludes halogenated alkanes) is 4. The predicted octanol–water partition coefficient (Wildman–Crippen LogP) is 5.79. The molecule has 0 heterocycles. The molecule has 2 unspecified atom stereocenters. The van der Waals surface area contributed by atoms with Gasteiger partial charge in [-0.15, -0.1) is 0 Å². The molecular weight excluding hydrogens is 454 g/mol. The Balaban J connectivity index is 1.98. The molecule has 0 aliphatic rings. The Kier molecular flexibility index (Phi) is 12.7. The van der Waals surface area contributed by atoms with Crippen molar-refractivity contribution in [1.29, 1.82) is 0 Å². The van der Waals surface area contributed by atoms with Crippen molar-refractivity contribution >= 4 is 17.8 Å². The molecule has 2 aromatic carbocycles. The first-order chi connectivity index (χ1) is 17.3. The minimum Gasteiger partial charge on any atom is -0.465 e. The Hall–Kier alpha value is -3.15. The van der Waals surface area contributed by atoms with Crippen LogP contribution in [0.3, 0.4) is 0 Å². The van der Waals surface area contributed by atoms with Gasteiger partial charge in [-0.05, 0) is 47.9 Å². The topological polar surface area (TPSA) is 95.7 Å². The molecular formula is C30H41NO5. The molecule has 196 valence electrons. The van der Waals surface area contributed by atoms with Crippen molar-refractivity contribution in [2.24, 2.45) is 11.7 Å². The summed E-state index contributed by atoms with van der Waals surface area (Å²) in [7, 11) is 0. The number of amides is 1. The largest absolute Gasteiger partial charge is 0.465 e. The molecule has 2 aromatic rings. The van der Waals surface area contributed by atoms with E-state index in [0.717, 1.165) is 17.5 Å². The van der Waals surface area contributed by atoms with Crippen LogP contribution in [-0.2, 0) is 36.7 Å². The van der Waals surface area contributed by atoms with Crippen LogP contribution < -0.4 is 5.73 Å². The van der Waals surface area contributed by atoms with Crippen LogP contribution in [0.15, 0.2) is 48.5 Å². The SMILES string of the molecule is CCCCCCCc1ccc(-c2ccc(CCC(COC(C)=O)C(CC(N)=O)OC(C)=O)cc2)cc1. The van der Waals surface area contributed by atoms with E-state index in [1.165, 1.54) is 57.1 Å². The highest BCUT2D eigenvalue weighted by atomic mass is 16.6. The third kappa shape index (κ3) is 11.1. The second-order valence-electron chi connectivity index (χ2n) is 9.48. The van der Waals surface area contributed by atoms with Crippen LogP contribution >= 0.6 is 0 Å². The summed E-state index contributed by atoms with van der Waals surface area (Å²) in [5.41, 5.74) is 10.2. The van der Waals surface area contributed by atoms with Gasteiger partial charge in [-0.2, -0.15) is 0 Å². The molecule has 6 nitrogen and oxygen atoms in total. The summed E-state index contributed by atoms with van der Waals surface area (Å²) in [6.45, 7) is 4.91. The molecule has 0 aliphatic heterocycles. The number of rotatable bonds is 16. The zero-order chi connectivity index (χ0) is 26.3. The van der Waals surface area contributed by atoms with Crippen LogP contribution in [0.5, 0.6) is 0 Å². The van der Waals surface area contributed by atoms with E-state index in [1.807, 2.05) is 0 Å². The van der Waals surface area contributed by atoms with Crippen LogP contribution in [0.1, 0.15) is 76.8 Å². The van der Waals surface area contributed by atoms with Crippen LogP contribution in [0.4, 0.5) is 0 Å². The number of aryl methyl sites for hydroxylation is 2. The van der Waals surface area contributed by atoms with Crippen molar-refractivity contribution < 1.29 is 23.9 Å². The van der Waals surface area contributed by atoms with Crippen molar-refractivity contribution in [3.63, 3.8) is 0 Å². The van der Waals surface area contributed by atoms with E-state index >= 15 is 0 Å². The molecule has 36 heavy (non-hydrogen) atoms. The molecule has 2 rings (SSSR count). The zero-order valence-corrected chi connectivity index (χ0v) is 22.0. The van der Waals surface area contributed by atoms with Gasteiger partial charge < -0.3 is 15.2 Å². The van der Waals surface area contributed by atoms with E-state index in [0.29, 0.717) is 12.8 Å². The second-order valence-corrected chi connectivity index (χ2v) is 9.48. The smallest absolute Gasteiger partial charge is 0.302 e. The van der Waals surface area contributed by atoms with E-state index in [1.54, 1.807) is 0 Å². The quantitative estimate of drug-likeness (QED) is 0.235. The number of hydrogen-bond acceptors (Lipinski definition) is 5. The van der Waals surface area contributed by atoms with Crippen LogP contribution in [0, 0.1) is 5.92 Å². The van der Waals surface area contributed by atoms with Gasteiger partial charge in [0.25, 0.3) is 0 Å². The van der Waals surface area contributed by atoms with Gasteiger partial charge in [0.05, 0.1) is 13.0 Å². The fraction of sp³-hybridized carbons (Fsp3) is 0.500. The van der Waals surface area contributed by atoms with Crippen LogP contribution in [-0.4, -0.2) is 30.6 Å². The lowest BCUT2D eigenvalue weighted by molar-refractivity contribution is -0.154. The van der Waals surface area contributed by atoms with Crippen molar-refractivity contribution in [3.05, 3.63) is 59.7 Å². The Morgan fingerprint density at radius 3 is 1.83 bits per heavy atom. The second kappa shape index (κ2) is 15.8. The molecule has 0 radical (unpaired) electrons. The maximum absolute atomic E-state index is 11.6. The molecule has 0 saturated heterocycles. The Morgan fingerprint density at radius 1 is 0.778 bits per heavy atom. The lowest BCUT2D eigenvalue weighted by Crippen LogP contribution is -2.34. The van der Waals surface area contributed by atoms with Gasteiger partial charge in [0.15, 0.2) is 0 Å². The van der Waals surface area contributed by atoms with Gasteiger partial charge in [-0.3, -0.25) is 14.4 Å². The molecule has 0 fully saturated rings. The Morgan fingerprint density at radius 2 is 1.33 bits per heavy atom. The van der Waals surface area contributed by atoms with Gasteiger partial charge in [-0.1, -0.05) is 81.1 Å². The van der Waals surface area contributed by atoms with E-state index in [4.69, 9.17) is 15.2 Å². The number of carbonyl (C=O) groups is 3. The fourth-order valence-electron chi connectivity index (χ4n) is 4.33. The summed E-state index contributed by atoms with van der Waals surface area (Å²) in [5, 5.41) is 0. The number of benzene rings is 2. The molecule has 0 aliphatic carbocycles. The van der Waals surface area contributed by atoms with Crippen molar-refractivity contribution in [2.45, 2.75) is 84.7 Å². The van der Waals surface area contributed by atoms with Crippen molar-refractivity contribution in [3.8, 4) is 11.1 Å². The normalized spacial score (nSPS) is 12.5. The van der Waals surface area contributed by atoms with Crippen LogP contribution in [0.2, 0.25) is 0 Å². The first-order valence-corrected chi connectivity index (χ1v) is 13.1. The lowest BCUT2D eigenvalue weighted by Gasteiger charge is -2.25. The number of ether oxygens (including phenoxy) is 2. The lowest BCUT2D eigenvalue weighted by atomic mass is 9.92. The third-order valence-electron chi connectivity index (χ3n) is 6.36. The van der Waals surface area contributed by atoms with Gasteiger partial charge in [0, 0.05) is 19.8 Å². The van der Waals surface area contributed by atoms with E-state index in [9.17, 15) is 14.4 Å². The Labute approximate surface area is 215 Å². The fourth-order valence-corrected chi connectivity index (χ4v) is 4.33. The zero-order valence-electron chi connectivity index (χ0n) is 22.0. The van der Waals surface area contributed by atoms with E-state index in [2.05, 4.69) is 55.5 Å². The standard InChI is InChI=1S/C30H41NO5/c1-4-5-6-7-8-9-24-10-15-26(16-11-24)27-17-12-25(13-18-27)14-19-28(21-35-22(2)32)29(20-30(31)34)36-23(3)33/h10-13,15-18,28-29H,4-9,14,19-21H2,1-3H3,(H2,31,34). The summed E-state index contributed by atoms with van der Waals surface area (Å²) in [4.78, 5) is 34.4. The molecule has 0 aromatic heterocycles. The minimum absolute atomic E-state index is 0.0591. The monoisotopic (exact) mass is 495 g/mol. The van der Waals surface area contributed by atoms with E-state index in [-0.39, 0.29) is 18.9 Å². The molecule has 6 heteroatoms. The van der Waals surface area contributed by atoms with Gasteiger partial charge in [-0.25, -0.2) is 0 Å². The van der Waals surface area contributed by atoms with Crippen molar-refractivity contribution in [2.75, 3.05) is 6.61 Å². The third-order valence-corrected chi connectivity index (χ3v) is 6.36. The van der Waals surface area contributed by atoms with Gasteiger partial charge in [0.1, 0.15) is 6.10 Å². The first-order valence-electron chi connectivity index (χ1n) is 13.1. The summed E-state index contributed by atoms with van der Waals surface area (Å²) in [6.07, 6.45) is 7.98. The predicted molar refractivity (Wildman–Crippen MR) is 142 cm³/mol. The Bertz CT molecular complexity index is 936. The number of hydrogen-bond donors (Lipinski definition) is 1. The molecule has 0 bridgehead atoms. The first kappa shape index (κ1) is 29.1. The number of nitrogens with two attached hydrogens (primary N) is 1. The maximum atomic E-state index is 11.6. The van der Waals surface area contributed by atoms with E-state index < -0.39 is 23.9 Å². The van der Waals surface area contributed by atoms with Gasteiger partial charge in [0.2, 0.25) is 5.91 Å². The summed E-state index contributed by atoms with van der Waals surface area (Å²) in [5.74, 6) is -1.83.